The van der Waals surface area contributed by atoms with Crippen molar-refractivity contribution in [2.24, 2.45) is 11.8 Å². The molecule has 3 rings (SSSR count). The maximum absolute atomic E-state index is 12.4. The van der Waals surface area contributed by atoms with Crippen LogP contribution in [0.25, 0.3) is 0 Å². The van der Waals surface area contributed by atoms with Crippen LogP contribution >= 0.6 is 0 Å². The van der Waals surface area contributed by atoms with Crippen molar-refractivity contribution >= 4 is 17.8 Å². The molecule has 21 heavy (non-hydrogen) atoms. The van der Waals surface area contributed by atoms with Crippen molar-refractivity contribution in [3.63, 3.8) is 0 Å². The number of imide groups is 1. The molecule has 0 radical (unpaired) electrons. The van der Waals surface area contributed by atoms with Gasteiger partial charge in [0.05, 0.1) is 31.3 Å². The summed E-state index contributed by atoms with van der Waals surface area (Å²) in [4.78, 5) is 38.0. The van der Waals surface area contributed by atoms with Gasteiger partial charge in [0.2, 0.25) is 11.8 Å². The van der Waals surface area contributed by atoms with Gasteiger partial charge in [-0.2, -0.15) is 0 Å². The van der Waals surface area contributed by atoms with Crippen LogP contribution in [0, 0.1) is 11.8 Å². The second-order valence-corrected chi connectivity index (χ2v) is 5.57. The molecule has 0 saturated carbocycles. The fraction of sp³-hybridized carbons (Fsp3) is 0.500. The zero-order valence-corrected chi connectivity index (χ0v) is 12.0. The van der Waals surface area contributed by atoms with Crippen molar-refractivity contribution < 1.29 is 23.5 Å². The van der Waals surface area contributed by atoms with E-state index in [9.17, 15) is 14.4 Å². The molecule has 0 aliphatic carbocycles. The maximum atomic E-state index is 12.4. The lowest BCUT2D eigenvalue weighted by molar-refractivity contribution is -0.152. The van der Waals surface area contributed by atoms with Gasteiger partial charge in [0.25, 0.3) is 0 Å². The Morgan fingerprint density at radius 3 is 2.71 bits per heavy atom. The normalized spacial score (nSPS) is 35.2. The number of likely N-dealkylation sites (tertiary alicyclic amines) is 1. The molecule has 112 valence electrons. The van der Waals surface area contributed by atoms with Crippen molar-refractivity contribution in [2.75, 3.05) is 14.2 Å². The molecule has 1 aromatic rings. The van der Waals surface area contributed by atoms with Gasteiger partial charge in [0.1, 0.15) is 11.3 Å². The van der Waals surface area contributed by atoms with Gasteiger partial charge in [-0.25, -0.2) is 0 Å². The second-order valence-electron chi connectivity index (χ2n) is 5.57. The molecule has 3 heterocycles. The third-order valence-corrected chi connectivity index (χ3v) is 4.47. The number of furan rings is 1. The first kappa shape index (κ1) is 13.8. The molecule has 2 aliphatic heterocycles. The number of carbonyl (C=O) groups excluding carboxylic acids is 3. The van der Waals surface area contributed by atoms with Gasteiger partial charge in [-0.15, -0.1) is 0 Å². The van der Waals surface area contributed by atoms with Gasteiger partial charge in [-0.1, -0.05) is 0 Å². The predicted octanol–water partition coefficient (Wildman–Crippen LogP) is 0.0866. The van der Waals surface area contributed by atoms with Crippen LogP contribution in [0.2, 0.25) is 0 Å². The average molecular weight is 292 g/mol. The van der Waals surface area contributed by atoms with E-state index >= 15 is 0 Å². The highest BCUT2D eigenvalue weighted by atomic mass is 16.5. The third kappa shape index (κ3) is 1.67. The Labute approximate surface area is 121 Å². The van der Waals surface area contributed by atoms with E-state index in [4.69, 9.17) is 9.15 Å². The fourth-order valence-corrected chi connectivity index (χ4v) is 3.39. The van der Waals surface area contributed by atoms with Crippen molar-refractivity contribution in [1.29, 1.82) is 0 Å². The van der Waals surface area contributed by atoms with Crippen molar-refractivity contribution in [3.05, 3.63) is 24.2 Å². The van der Waals surface area contributed by atoms with E-state index in [0.717, 1.165) is 4.90 Å². The molecular formula is C14H16N2O5. The summed E-state index contributed by atoms with van der Waals surface area (Å²) in [6, 6.07) is 2.88. The van der Waals surface area contributed by atoms with Crippen LogP contribution in [0.1, 0.15) is 18.7 Å². The molecule has 0 unspecified atom stereocenters. The number of fused-ring (bicyclic) bond motifs is 1. The zero-order chi connectivity index (χ0) is 15.4. The lowest BCUT2D eigenvalue weighted by Gasteiger charge is -2.27. The summed E-state index contributed by atoms with van der Waals surface area (Å²) in [6.45, 7) is 1.59. The summed E-state index contributed by atoms with van der Waals surface area (Å²) in [5.41, 5.74) is -1.26. The summed E-state index contributed by atoms with van der Waals surface area (Å²) in [5.74, 6) is -2.20. The van der Waals surface area contributed by atoms with Crippen molar-refractivity contribution in [2.45, 2.75) is 18.5 Å². The number of nitrogens with one attached hydrogen (secondary N) is 1. The smallest absolute Gasteiger partial charge is 0.326 e. The number of methoxy groups -OCH3 is 1. The highest BCUT2D eigenvalue weighted by molar-refractivity contribution is 6.09. The molecular weight excluding hydrogens is 276 g/mol. The Hall–Kier alpha value is -2.15. The third-order valence-electron chi connectivity index (χ3n) is 4.47. The van der Waals surface area contributed by atoms with Crippen LogP contribution in [0.15, 0.2) is 22.8 Å². The van der Waals surface area contributed by atoms with Gasteiger partial charge in [-0.05, 0) is 19.1 Å². The summed E-state index contributed by atoms with van der Waals surface area (Å²) < 4.78 is 10.2. The number of ether oxygens (including phenoxy) is 1. The molecule has 1 aromatic heterocycles. The lowest BCUT2D eigenvalue weighted by Crippen LogP contribution is -2.53. The van der Waals surface area contributed by atoms with Crippen LogP contribution in [0.3, 0.4) is 0 Å². The van der Waals surface area contributed by atoms with Crippen molar-refractivity contribution in [1.82, 2.24) is 10.2 Å². The van der Waals surface area contributed by atoms with Gasteiger partial charge in [0, 0.05) is 7.05 Å². The highest BCUT2D eigenvalue weighted by Gasteiger charge is 2.66. The second kappa shape index (κ2) is 4.42. The fourth-order valence-electron chi connectivity index (χ4n) is 3.39. The maximum Gasteiger partial charge on any atom is 0.326 e. The van der Waals surface area contributed by atoms with Crippen molar-refractivity contribution in [3.8, 4) is 0 Å². The van der Waals surface area contributed by atoms with E-state index in [2.05, 4.69) is 5.32 Å². The number of hydrogen-bond donors (Lipinski definition) is 1. The molecule has 7 heteroatoms. The number of esters is 1. The number of nitrogens with zero attached hydrogens (tertiary/aromatic N) is 1. The van der Waals surface area contributed by atoms with Gasteiger partial charge < -0.3 is 9.15 Å². The zero-order valence-electron chi connectivity index (χ0n) is 12.0. The summed E-state index contributed by atoms with van der Waals surface area (Å²) >= 11 is 0. The Balaban J connectivity index is 2.10. The first-order valence-electron chi connectivity index (χ1n) is 6.62. The van der Waals surface area contributed by atoms with Gasteiger partial charge >= 0.3 is 5.97 Å². The summed E-state index contributed by atoms with van der Waals surface area (Å²) in [6.07, 6.45) is 1.49. The van der Waals surface area contributed by atoms with Gasteiger partial charge in [-0.3, -0.25) is 24.6 Å². The van der Waals surface area contributed by atoms with Crippen LogP contribution in [0.4, 0.5) is 0 Å². The minimum Gasteiger partial charge on any atom is -0.468 e. The van der Waals surface area contributed by atoms with E-state index in [1.807, 2.05) is 0 Å². The predicted molar refractivity (Wildman–Crippen MR) is 69.8 cm³/mol. The first-order chi connectivity index (χ1) is 9.91. The molecule has 2 saturated heterocycles. The molecule has 0 spiro atoms. The minimum atomic E-state index is -1.26. The first-order valence-corrected chi connectivity index (χ1v) is 6.62. The molecule has 2 fully saturated rings. The summed E-state index contributed by atoms with van der Waals surface area (Å²) in [7, 11) is 2.69. The van der Waals surface area contributed by atoms with Crippen LogP contribution in [0.5, 0.6) is 0 Å². The molecule has 0 aromatic carbocycles. The largest absolute Gasteiger partial charge is 0.468 e. The van der Waals surface area contributed by atoms with Crippen LogP contribution in [-0.2, 0) is 19.1 Å². The topological polar surface area (TPSA) is 88.8 Å². The molecule has 7 nitrogen and oxygen atoms in total. The van der Waals surface area contributed by atoms with E-state index in [1.165, 1.54) is 20.4 Å². The Morgan fingerprint density at radius 1 is 1.43 bits per heavy atom. The van der Waals surface area contributed by atoms with Crippen LogP contribution in [-0.4, -0.2) is 42.4 Å². The number of carbonyl (C=O) groups is 3. The number of rotatable bonds is 2. The van der Waals surface area contributed by atoms with Gasteiger partial charge in [0.15, 0.2) is 0 Å². The van der Waals surface area contributed by atoms with Crippen LogP contribution < -0.4 is 5.32 Å². The standard InChI is InChI=1S/C14H16N2O5/c1-14(13(19)20-3)9-8(11(17)16(2)12(9)18)10(15-14)7-5-4-6-21-7/h4-6,8-10,15H,1-3H3/t8-,9-,10-,14-/m0/s1. The Bertz CT molecular complexity index is 611. The highest BCUT2D eigenvalue weighted by Crippen LogP contribution is 2.48. The number of amides is 2. The number of hydrogen-bond acceptors (Lipinski definition) is 6. The quantitative estimate of drug-likeness (QED) is 0.614. The molecule has 4 atom stereocenters. The molecule has 2 aliphatic rings. The minimum absolute atomic E-state index is 0.313. The van der Waals surface area contributed by atoms with E-state index in [0.29, 0.717) is 5.76 Å². The van der Waals surface area contributed by atoms with E-state index in [-0.39, 0.29) is 11.8 Å². The summed E-state index contributed by atoms with van der Waals surface area (Å²) in [5, 5.41) is 3.07. The lowest BCUT2D eigenvalue weighted by atomic mass is 9.81. The molecule has 1 N–H and O–H groups in total. The van der Waals surface area contributed by atoms with E-state index < -0.39 is 29.4 Å². The Morgan fingerprint density at radius 2 is 2.14 bits per heavy atom. The molecule has 2 amide bonds. The molecule has 0 bridgehead atoms. The SMILES string of the molecule is COC(=O)[C@@]1(C)N[C@@H](c2ccco2)[C@H]2C(=O)N(C)C(=O)[C@H]21. The Kier molecular flexibility index (Phi) is 2.91. The van der Waals surface area contributed by atoms with E-state index in [1.54, 1.807) is 19.1 Å². The average Bonchev–Trinajstić information content (AvgIpc) is 3.14. The monoisotopic (exact) mass is 292 g/mol.